The van der Waals surface area contributed by atoms with Crippen molar-refractivity contribution in [2.75, 3.05) is 16.8 Å². The van der Waals surface area contributed by atoms with Crippen molar-refractivity contribution in [3.8, 4) is 0 Å². The number of hydrogen-bond donors (Lipinski definition) is 1. The van der Waals surface area contributed by atoms with Crippen molar-refractivity contribution in [3.05, 3.63) is 122 Å². The van der Waals surface area contributed by atoms with Crippen LogP contribution in [0.15, 0.2) is 101 Å². The topological polar surface area (TPSA) is 115 Å². The number of carbonyl (C=O) groups excluding carboxylic acids is 4. The van der Waals surface area contributed by atoms with E-state index in [1.165, 1.54) is 16.7 Å². The van der Waals surface area contributed by atoms with Crippen molar-refractivity contribution in [2.45, 2.75) is 29.7 Å². The number of thioether (sulfide) groups is 1. The van der Waals surface area contributed by atoms with Crippen LogP contribution in [0.25, 0.3) is 10.8 Å². The summed E-state index contributed by atoms with van der Waals surface area (Å²) >= 11 is 8.30. The fourth-order valence-corrected chi connectivity index (χ4v) is 9.01. The van der Waals surface area contributed by atoms with Crippen molar-refractivity contribution in [3.63, 3.8) is 0 Å². The Balaban J connectivity index is 1.23. The summed E-state index contributed by atoms with van der Waals surface area (Å²) in [6.45, 7) is 1.66. The number of nitrogens with one attached hydrogen (secondary N) is 1. The number of ether oxygens (including phenoxy) is 1. The van der Waals surface area contributed by atoms with Crippen LogP contribution in [-0.4, -0.2) is 40.1 Å². The molecule has 0 bridgehead atoms. The Bertz CT molecular complexity index is 2130. The number of fused-ring (bicyclic) bond motifs is 3. The van der Waals surface area contributed by atoms with Gasteiger partial charge in [-0.05, 0) is 71.8 Å². The van der Waals surface area contributed by atoms with Gasteiger partial charge in [-0.3, -0.25) is 23.7 Å². The van der Waals surface area contributed by atoms with Gasteiger partial charge in [-0.25, -0.2) is 9.69 Å². The van der Waals surface area contributed by atoms with Gasteiger partial charge in [0.05, 0.1) is 28.8 Å². The summed E-state index contributed by atoms with van der Waals surface area (Å²) in [7, 11) is 0. The molecule has 12 heteroatoms. The van der Waals surface area contributed by atoms with E-state index in [1.54, 1.807) is 49.4 Å². The van der Waals surface area contributed by atoms with Gasteiger partial charge in [-0.1, -0.05) is 77.2 Å². The van der Waals surface area contributed by atoms with Gasteiger partial charge in [0.2, 0.25) is 17.7 Å². The Morgan fingerprint density at radius 3 is 2.34 bits per heavy atom. The molecule has 4 aromatic carbocycles. The average molecular weight is 684 g/mol. The summed E-state index contributed by atoms with van der Waals surface area (Å²) in [5.74, 6) is -3.20. The molecule has 7 rings (SSSR count). The lowest BCUT2D eigenvalue weighted by molar-refractivity contribution is -0.122. The highest BCUT2D eigenvalue weighted by molar-refractivity contribution is 8.00. The first-order valence-corrected chi connectivity index (χ1v) is 16.9. The maximum absolute atomic E-state index is 14.1. The average Bonchev–Trinajstić information content (AvgIpc) is 3.51. The van der Waals surface area contributed by atoms with E-state index >= 15 is 0 Å². The number of carbonyl (C=O) groups is 4. The van der Waals surface area contributed by atoms with Crippen LogP contribution in [0.3, 0.4) is 0 Å². The van der Waals surface area contributed by atoms with Gasteiger partial charge < -0.3 is 10.1 Å². The molecule has 1 fully saturated rings. The number of anilines is 2. The maximum Gasteiger partial charge on any atom is 0.338 e. The van der Waals surface area contributed by atoms with Crippen LogP contribution in [-0.2, 0) is 25.7 Å². The van der Waals surface area contributed by atoms with E-state index in [0.29, 0.717) is 31.9 Å². The fraction of sp³-hybridized carbons (Fsp3) is 0.171. The molecule has 3 amide bonds. The number of benzene rings is 4. The number of halogens is 1. The SMILES string of the molecule is CCOC(=O)c1ccc(N2C(=O)C3Sc4c(sc(=O)n4CC(=O)Nc4ccc5ccccc5c4)C(c4ccc(Cl)cc4)C3C2=O)cc1. The zero-order valence-electron chi connectivity index (χ0n) is 24.8. The zero-order chi connectivity index (χ0) is 32.8. The summed E-state index contributed by atoms with van der Waals surface area (Å²) in [5, 5.41) is 5.01. The Hall–Kier alpha value is -4.71. The van der Waals surface area contributed by atoms with Crippen LogP contribution < -0.4 is 15.1 Å². The summed E-state index contributed by atoms with van der Waals surface area (Å²) < 4.78 is 6.44. The molecule has 1 aromatic heterocycles. The fourth-order valence-electron chi connectivity index (χ4n) is 6.11. The summed E-state index contributed by atoms with van der Waals surface area (Å²) in [5.41, 5.74) is 1.95. The highest BCUT2D eigenvalue weighted by atomic mass is 35.5. The Kier molecular flexibility index (Phi) is 8.21. The minimum atomic E-state index is -0.857. The van der Waals surface area contributed by atoms with Gasteiger partial charge in [0.25, 0.3) is 0 Å². The molecule has 0 aliphatic carbocycles. The number of hydrogen-bond acceptors (Lipinski definition) is 8. The van der Waals surface area contributed by atoms with Gasteiger partial charge in [0.1, 0.15) is 11.8 Å². The van der Waals surface area contributed by atoms with E-state index in [9.17, 15) is 24.0 Å². The van der Waals surface area contributed by atoms with Gasteiger partial charge in [0, 0.05) is 21.5 Å². The second kappa shape index (κ2) is 12.5. The maximum atomic E-state index is 14.1. The lowest BCUT2D eigenvalue weighted by atomic mass is 9.83. The minimum absolute atomic E-state index is 0.219. The summed E-state index contributed by atoms with van der Waals surface area (Å²) in [4.78, 5) is 68.5. The first-order valence-electron chi connectivity index (χ1n) is 14.8. The Morgan fingerprint density at radius 1 is 0.894 bits per heavy atom. The summed E-state index contributed by atoms with van der Waals surface area (Å²) in [6.07, 6.45) is 0. The third-order valence-electron chi connectivity index (χ3n) is 8.25. The third kappa shape index (κ3) is 5.64. The molecule has 0 radical (unpaired) electrons. The van der Waals surface area contributed by atoms with E-state index in [4.69, 9.17) is 16.3 Å². The summed E-state index contributed by atoms with van der Waals surface area (Å²) in [6, 6.07) is 26.5. The smallest absolute Gasteiger partial charge is 0.338 e. The first-order chi connectivity index (χ1) is 22.7. The van der Waals surface area contributed by atoms with E-state index in [-0.39, 0.29) is 18.0 Å². The molecular formula is C35H26ClN3O6S2. The number of thiazole rings is 1. The van der Waals surface area contributed by atoms with Gasteiger partial charge >= 0.3 is 10.8 Å². The predicted molar refractivity (Wildman–Crippen MR) is 182 cm³/mol. The molecule has 2 aliphatic heterocycles. The molecule has 0 saturated carbocycles. The second-order valence-corrected chi connectivity index (χ2v) is 13.7. The number of rotatable bonds is 7. The molecule has 3 unspecified atom stereocenters. The van der Waals surface area contributed by atoms with Gasteiger partial charge in [-0.15, -0.1) is 0 Å². The minimum Gasteiger partial charge on any atom is -0.462 e. The van der Waals surface area contributed by atoms with E-state index in [0.717, 1.165) is 44.3 Å². The molecule has 3 atom stereocenters. The van der Waals surface area contributed by atoms with Crippen LogP contribution in [0.4, 0.5) is 11.4 Å². The largest absolute Gasteiger partial charge is 0.462 e. The number of aromatic nitrogens is 1. The molecule has 47 heavy (non-hydrogen) atoms. The number of nitrogens with zero attached hydrogens (tertiary/aromatic N) is 2. The van der Waals surface area contributed by atoms with Crippen LogP contribution >= 0.6 is 34.7 Å². The molecule has 1 saturated heterocycles. The van der Waals surface area contributed by atoms with Crippen LogP contribution in [0.2, 0.25) is 5.02 Å². The first kappa shape index (κ1) is 30.9. The number of imide groups is 1. The van der Waals surface area contributed by atoms with Crippen LogP contribution in [0.5, 0.6) is 0 Å². The molecular weight excluding hydrogens is 658 g/mol. The van der Waals surface area contributed by atoms with Crippen LogP contribution in [0.1, 0.15) is 33.6 Å². The normalized spacial score (nSPS) is 18.6. The standard InChI is InChI=1S/C35H26ClN3O6S2/c1-2-45-34(43)21-10-15-25(16-11-21)39-31(41)28-27(20-7-12-23(36)13-8-20)30-33(46-29(28)32(39)42)38(35(44)47-30)18-26(40)37-24-14-9-19-5-3-4-6-22(19)17-24/h3-17,27-29H,2,18H2,1H3,(H,37,40). The number of amides is 3. The predicted octanol–water partition coefficient (Wildman–Crippen LogP) is 6.33. The second-order valence-electron chi connectivity index (χ2n) is 11.1. The lowest BCUT2D eigenvalue weighted by Crippen LogP contribution is -2.33. The molecule has 1 N–H and O–H groups in total. The highest BCUT2D eigenvalue weighted by Crippen LogP contribution is 2.54. The van der Waals surface area contributed by atoms with Crippen molar-refractivity contribution < 1.29 is 23.9 Å². The molecule has 2 aliphatic rings. The molecule has 236 valence electrons. The molecule has 5 aromatic rings. The molecule has 0 spiro atoms. The third-order valence-corrected chi connectivity index (χ3v) is 11.1. The Morgan fingerprint density at radius 2 is 1.62 bits per heavy atom. The monoisotopic (exact) mass is 683 g/mol. The highest BCUT2D eigenvalue weighted by Gasteiger charge is 2.56. The molecule has 9 nitrogen and oxygen atoms in total. The zero-order valence-corrected chi connectivity index (χ0v) is 27.2. The number of esters is 1. The Labute approximate surface area is 282 Å². The van der Waals surface area contributed by atoms with Crippen molar-refractivity contribution in [2.24, 2.45) is 5.92 Å². The van der Waals surface area contributed by atoms with Crippen LogP contribution in [0, 0.1) is 5.92 Å². The van der Waals surface area contributed by atoms with Crippen molar-refractivity contribution >= 4 is 80.5 Å². The van der Waals surface area contributed by atoms with E-state index in [2.05, 4.69) is 5.32 Å². The van der Waals surface area contributed by atoms with Gasteiger partial charge in [-0.2, -0.15) is 0 Å². The van der Waals surface area contributed by atoms with Crippen molar-refractivity contribution in [1.82, 2.24) is 4.57 Å². The van der Waals surface area contributed by atoms with Crippen molar-refractivity contribution in [1.29, 1.82) is 0 Å². The quantitative estimate of drug-likeness (QED) is 0.158. The lowest BCUT2D eigenvalue weighted by Gasteiger charge is -2.30. The molecule has 3 heterocycles. The van der Waals surface area contributed by atoms with Gasteiger partial charge in [0.15, 0.2) is 0 Å². The van der Waals surface area contributed by atoms with E-state index < -0.39 is 40.8 Å². The van der Waals surface area contributed by atoms with E-state index in [1.807, 2.05) is 36.4 Å².